The number of benzene rings is 1. The molecule has 1 atom stereocenters. The number of methoxy groups -OCH3 is 1. The normalized spacial score (nSPS) is 18.8. The molecular weight excluding hydrogens is 510 g/mol. The second-order valence-corrected chi connectivity index (χ2v) is 12.8. The summed E-state index contributed by atoms with van der Waals surface area (Å²) in [4.78, 5) is 25.1. The molecule has 2 aliphatic rings. The summed E-state index contributed by atoms with van der Waals surface area (Å²) in [5.74, 6) is 0.827. The highest BCUT2D eigenvalue weighted by molar-refractivity contribution is 7.89. The first-order chi connectivity index (χ1) is 17.8. The van der Waals surface area contributed by atoms with Crippen LogP contribution in [0.1, 0.15) is 43.6 Å². The Morgan fingerprint density at radius 2 is 1.78 bits per heavy atom. The van der Waals surface area contributed by atoms with Crippen molar-refractivity contribution in [3.05, 3.63) is 42.0 Å². The van der Waals surface area contributed by atoms with Crippen LogP contribution in [0.4, 0.5) is 5.13 Å². The zero-order valence-corrected chi connectivity index (χ0v) is 22.9. The van der Waals surface area contributed by atoms with E-state index in [2.05, 4.69) is 20.2 Å². The van der Waals surface area contributed by atoms with E-state index in [0.29, 0.717) is 51.7 Å². The van der Waals surface area contributed by atoms with Crippen molar-refractivity contribution in [2.75, 3.05) is 45.7 Å². The Bertz CT molecular complexity index is 1350. The molecule has 1 aliphatic carbocycles. The number of hydrogen-bond donors (Lipinski definition) is 1. The number of nitrogens with one attached hydrogen (secondary N) is 1. The van der Waals surface area contributed by atoms with E-state index in [-0.39, 0.29) is 11.8 Å². The molecule has 37 heavy (non-hydrogen) atoms. The number of likely N-dealkylation sites (N-methyl/N-ethyl adjacent to an activating group) is 1. The predicted molar refractivity (Wildman–Crippen MR) is 145 cm³/mol. The number of anilines is 1. The Kier molecular flexibility index (Phi) is 7.75. The van der Waals surface area contributed by atoms with Crippen molar-refractivity contribution < 1.29 is 17.9 Å². The largest absolute Gasteiger partial charge is 0.481 e. The van der Waals surface area contributed by atoms with Crippen LogP contribution in [0.5, 0.6) is 5.88 Å². The van der Waals surface area contributed by atoms with E-state index in [1.807, 2.05) is 25.2 Å². The Morgan fingerprint density at radius 1 is 1.08 bits per heavy atom. The average Bonchev–Trinajstić information content (AvgIpc) is 3.57. The number of fused-ring (bicyclic) bond motifs is 1. The molecule has 1 aliphatic heterocycles. The van der Waals surface area contributed by atoms with Gasteiger partial charge in [-0.15, -0.1) is 0 Å². The number of pyridine rings is 1. The molecule has 2 aromatic heterocycles. The summed E-state index contributed by atoms with van der Waals surface area (Å²) in [5, 5.41) is 3.47. The molecule has 1 saturated carbocycles. The number of rotatable bonds is 8. The quantitative estimate of drug-likeness (QED) is 0.459. The first-order valence-electron chi connectivity index (χ1n) is 12.7. The van der Waals surface area contributed by atoms with Crippen molar-refractivity contribution >= 4 is 42.7 Å². The highest BCUT2D eigenvalue weighted by atomic mass is 32.2. The van der Waals surface area contributed by atoms with E-state index in [0.717, 1.165) is 44.3 Å². The minimum absolute atomic E-state index is 0.0236. The van der Waals surface area contributed by atoms with Crippen molar-refractivity contribution in [1.29, 1.82) is 0 Å². The van der Waals surface area contributed by atoms with Crippen molar-refractivity contribution in [1.82, 2.24) is 19.2 Å². The van der Waals surface area contributed by atoms with Gasteiger partial charge in [0.25, 0.3) is 0 Å². The Labute approximate surface area is 221 Å². The van der Waals surface area contributed by atoms with Gasteiger partial charge < -0.3 is 15.0 Å². The van der Waals surface area contributed by atoms with E-state index >= 15 is 0 Å². The average molecular weight is 544 g/mol. The Morgan fingerprint density at radius 3 is 2.46 bits per heavy atom. The summed E-state index contributed by atoms with van der Waals surface area (Å²) in [6, 6.07) is 10.8. The molecule has 1 aromatic carbocycles. The molecule has 1 amide bonds. The van der Waals surface area contributed by atoms with Gasteiger partial charge in [0.15, 0.2) is 5.13 Å². The maximum Gasteiger partial charge on any atom is 0.243 e. The zero-order chi connectivity index (χ0) is 26.0. The molecule has 1 N–H and O–H groups in total. The summed E-state index contributed by atoms with van der Waals surface area (Å²) < 4.78 is 33.0. The number of hydrogen-bond acceptors (Lipinski definition) is 8. The smallest absolute Gasteiger partial charge is 0.243 e. The van der Waals surface area contributed by atoms with E-state index in [9.17, 15) is 13.2 Å². The van der Waals surface area contributed by atoms with Gasteiger partial charge in [-0.25, -0.2) is 18.4 Å². The lowest BCUT2D eigenvalue weighted by atomic mass is 9.82. The van der Waals surface area contributed by atoms with E-state index in [1.54, 1.807) is 29.6 Å². The molecule has 5 rings (SSSR count). The summed E-state index contributed by atoms with van der Waals surface area (Å²) >= 11 is 1.32. The summed E-state index contributed by atoms with van der Waals surface area (Å²) in [5.41, 5.74) is 1.72. The van der Waals surface area contributed by atoms with Crippen molar-refractivity contribution in [3.8, 4) is 5.88 Å². The predicted octanol–water partition coefficient (Wildman–Crippen LogP) is 3.94. The number of piperazine rings is 1. The molecule has 11 heteroatoms. The fraction of sp³-hybridized carbons (Fsp3) is 0.500. The van der Waals surface area contributed by atoms with Crippen LogP contribution in [0, 0.1) is 5.92 Å². The van der Waals surface area contributed by atoms with Crippen LogP contribution in [-0.2, 0) is 14.8 Å². The number of nitrogens with zero attached hydrogens (tertiary/aromatic N) is 4. The van der Waals surface area contributed by atoms with Gasteiger partial charge in [-0.05, 0) is 55.5 Å². The van der Waals surface area contributed by atoms with Gasteiger partial charge in [0.2, 0.25) is 21.8 Å². The number of ether oxygens (including phenoxy) is 1. The lowest BCUT2D eigenvalue weighted by Crippen LogP contribution is -2.47. The van der Waals surface area contributed by atoms with Crippen molar-refractivity contribution in [3.63, 3.8) is 0 Å². The number of sulfonamides is 1. The third-order valence-corrected chi connectivity index (χ3v) is 10.3. The van der Waals surface area contributed by atoms with Crippen LogP contribution in [0.25, 0.3) is 10.3 Å². The van der Waals surface area contributed by atoms with Gasteiger partial charge in [-0.3, -0.25) is 4.79 Å². The number of amides is 1. The van der Waals surface area contributed by atoms with Crippen molar-refractivity contribution in [2.24, 2.45) is 5.92 Å². The van der Waals surface area contributed by atoms with Crippen LogP contribution < -0.4 is 10.1 Å². The second-order valence-electron chi connectivity index (χ2n) is 9.88. The van der Waals surface area contributed by atoms with Crippen LogP contribution in [0.15, 0.2) is 41.3 Å². The van der Waals surface area contributed by atoms with Gasteiger partial charge in [0.05, 0.1) is 12.0 Å². The SMILES string of the molecule is COc1ccc2nc(NC(=O)CC(c3ccc(S(=O)(=O)N4CCN(C)CC4)cc3)C3CCCC3)sc2n1. The molecule has 2 fully saturated rings. The molecule has 9 nitrogen and oxygen atoms in total. The number of thiazole rings is 1. The summed E-state index contributed by atoms with van der Waals surface area (Å²) in [6.07, 6.45) is 4.78. The molecule has 1 unspecified atom stereocenters. The van der Waals surface area contributed by atoms with E-state index in [1.165, 1.54) is 11.3 Å². The number of aromatic nitrogens is 2. The van der Waals surface area contributed by atoms with E-state index in [4.69, 9.17) is 4.74 Å². The summed E-state index contributed by atoms with van der Waals surface area (Å²) in [6.45, 7) is 2.46. The third kappa shape index (κ3) is 5.79. The molecule has 0 spiro atoms. The van der Waals surface area contributed by atoms with Crippen LogP contribution in [-0.4, -0.2) is 73.8 Å². The topological polar surface area (TPSA) is 105 Å². The summed E-state index contributed by atoms with van der Waals surface area (Å²) in [7, 11) is 0.0449. The highest BCUT2D eigenvalue weighted by Crippen LogP contribution is 2.40. The monoisotopic (exact) mass is 543 g/mol. The lowest BCUT2D eigenvalue weighted by molar-refractivity contribution is -0.116. The van der Waals surface area contributed by atoms with Gasteiger partial charge in [0.1, 0.15) is 10.3 Å². The molecule has 3 heterocycles. The standard InChI is InChI=1S/C26H33N5O4S2/c1-30-13-15-31(16-14-30)37(33,34)20-9-7-19(8-10-20)21(18-5-3-4-6-18)17-23(32)28-26-27-22-11-12-24(35-2)29-25(22)36-26/h7-12,18,21H,3-6,13-17H2,1-2H3,(H,27,28,32). The third-order valence-electron chi connectivity index (χ3n) is 7.47. The van der Waals surface area contributed by atoms with Gasteiger partial charge in [0, 0.05) is 38.7 Å². The fourth-order valence-corrected chi connectivity index (χ4v) is 7.59. The Balaban J connectivity index is 1.31. The molecule has 1 saturated heterocycles. The van der Waals surface area contributed by atoms with Crippen molar-refractivity contribution in [2.45, 2.75) is 42.9 Å². The van der Waals surface area contributed by atoms with Crippen LogP contribution in [0.3, 0.4) is 0 Å². The minimum Gasteiger partial charge on any atom is -0.481 e. The van der Waals surface area contributed by atoms with Gasteiger partial charge in [-0.2, -0.15) is 4.31 Å². The number of carbonyl (C=O) groups excluding carboxylic acids is 1. The van der Waals surface area contributed by atoms with Crippen LogP contribution >= 0.6 is 11.3 Å². The molecule has 198 valence electrons. The maximum atomic E-state index is 13.2. The van der Waals surface area contributed by atoms with E-state index < -0.39 is 10.0 Å². The van der Waals surface area contributed by atoms with Gasteiger partial charge in [-0.1, -0.05) is 36.3 Å². The first-order valence-corrected chi connectivity index (χ1v) is 15.0. The second kappa shape index (κ2) is 11.0. The molecular formula is C26H33N5O4S2. The number of carbonyl (C=O) groups is 1. The lowest BCUT2D eigenvalue weighted by Gasteiger charge is -2.31. The first kappa shape index (κ1) is 26.0. The molecule has 3 aromatic rings. The van der Waals surface area contributed by atoms with Crippen LogP contribution in [0.2, 0.25) is 0 Å². The van der Waals surface area contributed by atoms with Gasteiger partial charge >= 0.3 is 0 Å². The fourth-order valence-electron chi connectivity index (χ4n) is 5.32. The molecule has 0 bridgehead atoms. The minimum atomic E-state index is -3.52. The Hall–Kier alpha value is -2.60. The maximum absolute atomic E-state index is 13.2. The highest BCUT2D eigenvalue weighted by Gasteiger charge is 2.31. The molecule has 0 radical (unpaired) electrons. The zero-order valence-electron chi connectivity index (χ0n) is 21.2.